The fourth-order valence-electron chi connectivity index (χ4n) is 3.45. The third kappa shape index (κ3) is 4.02. The van der Waals surface area contributed by atoms with Crippen LogP contribution in [-0.2, 0) is 13.0 Å². The monoisotopic (exact) mass is 386 g/mol. The second kappa shape index (κ2) is 8.23. The topological polar surface area (TPSA) is 44.8 Å². The van der Waals surface area contributed by atoms with Crippen LogP contribution in [0.25, 0.3) is 6.08 Å². The Balaban J connectivity index is 1.53. The summed E-state index contributed by atoms with van der Waals surface area (Å²) in [4.78, 5) is 13.1. The summed E-state index contributed by atoms with van der Waals surface area (Å²) in [6.07, 6.45) is 2.55. The van der Waals surface area contributed by atoms with Crippen molar-refractivity contribution >= 4 is 11.9 Å². The van der Waals surface area contributed by atoms with Crippen molar-refractivity contribution in [3.8, 4) is 17.2 Å². The first-order chi connectivity index (χ1) is 14.2. The molecular formula is C25H22O4. The number of ketones is 1. The fraction of sp³-hybridized carbons (Fsp3) is 0.160. The molecule has 0 saturated carbocycles. The second-order valence-electron chi connectivity index (χ2n) is 6.88. The maximum absolute atomic E-state index is 13.1. The highest BCUT2D eigenvalue weighted by Gasteiger charge is 2.28. The van der Waals surface area contributed by atoms with E-state index in [0.29, 0.717) is 24.3 Å². The lowest BCUT2D eigenvalue weighted by atomic mass is 10.1. The van der Waals surface area contributed by atoms with Crippen molar-refractivity contribution in [3.63, 3.8) is 0 Å². The molecule has 4 nitrogen and oxygen atoms in total. The summed E-state index contributed by atoms with van der Waals surface area (Å²) in [7, 11) is 3.28. The fourth-order valence-corrected chi connectivity index (χ4v) is 3.45. The summed E-state index contributed by atoms with van der Waals surface area (Å²) in [6, 6.07) is 21.2. The van der Waals surface area contributed by atoms with Gasteiger partial charge in [-0.2, -0.15) is 0 Å². The molecule has 0 heterocycles. The lowest BCUT2D eigenvalue weighted by molar-refractivity contribution is 0.103. The van der Waals surface area contributed by atoms with Crippen molar-refractivity contribution < 1.29 is 19.0 Å². The van der Waals surface area contributed by atoms with Crippen LogP contribution in [0.5, 0.6) is 17.2 Å². The average Bonchev–Trinajstić information content (AvgIpc) is 3.09. The molecule has 0 unspecified atom stereocenters. The predicted molar refractivity (Wildman–Crippen MR) is 113 cm³/mol. The number of carbonyl (C=O) groups is 1. The maximum atomic E-state index is 13.1. The molecule has 0 saturated heterocycles. The molecule has 4 rings (SSSR count). The van der Waals surface area contributed by atoms with Crippen molar-refractivity contribution in [2.24, 2.45) is 0 Å². The number of ether oxygens (including phenoxy) is 3. The third-order valence-corrected chi connectivity index (χ3v) is 5.02. The molecule has 0 fully saturated rings. The maximum Gasteiger partial charge on any atom is 0.193 e. The molecule has 29 heavy (non-hydrogen) atoms. The molecule has 0 aromatic heterocycles. The van der Waals surface area contributed by atoms with Gasteiger partial charge >= 0.3 is 0 Å². The molecule has 0 bridgehead atoms. The molecule has 146 valence electrons. The summed E-state index contributed by atoms with van der Waals surface area (Å²) in [6.45, 7) is 0.394. The van der Waals surface area contributed by atoms with Crippen LogP contribution in [-0.4, -0.2) is 20.0 Å². The zero-order valence-electron chi connectivity index (χ0n) is 16.5. The van der Waals surface area contributed by atoms with Gasteiger partial charge in [0.2, 0.25) is 0 Å². The number of fused-ring (bicyclic) bond motifs is 1. The number of rotatable bonds is 6. The van der Waals surface area contributed by atoms with Crippen molar-refractivity contribution in [2.75, 3.05) is 14.2 Å². The Kier molecular flexibility index (Phi) is 5.34. The minimum atomic E-state index is 0.0288. The van der Waals surface area contributed by atoms with Gasteiger partial charge in [0.15, 0.2) is 5.78 Å². The molecule has 0 radical (unpaired) electrons. The normalized spacial score (nSPS) is 14.0. The van der Waals surface area contributed by atoms with E-state index >= 15 is 0 Å². The third-order valence-electron chi connectivity index (χ3n) is 5.02. The molecule has 0 aliphatic heterocycles. The van der Waals surface area contributed by atoms with E-state index in [-0.39, 0.29) is 5.78 Å². The average molecular weight is 386 g/mol. The zero-order valence-corrected chi connectivity index (χ0v) is 16.5. The molecule has 0 atom stereocenters. The van der Waals surface area contributed by atoms with Crippen LogP contribution in [0.4, 0.5) is 0 Å². The van der Waals surface area contributed by atoms with Gasteiger partial charge in [-0.3, -0.25) is 4.79 Å². The van der Waals surface area contributed by atoms with Gasteiger partial charge in [0, 0.05) is 12.0 Å². The first-order valence-corrected chi connectivity index (χ1v) is 9.45. The van der Waals surface area contributed by atoms with Crippen LogP contribution < -0.4 is 14.2 Å². The van der Waals surface area contributed by atoms with E-state index in [1.807, 2.05) is 72.8 Å². The van der Waals surface area contributed by atoms with E-state index in [1.54, 1.807) is 14.2 Å². The highest BCUT2D eigenvalue weighted by molar-refractivity contribution is 6.17. The van der Waals surface area contributed by atoms with Gasteiger partial charge in [-0.15, -0.1) is 0 Å². The Hall–Kier alpha value is -3.53. The summed E-state index contributed by atoms with van der Waals surface area (Å²) in [5.41, 5.74) is 4.43. The van der Waals surface area contributed by atoms with E-state index in [1.165, 1.54) is 0 Å². The number of benzene rings is 3. The van der Waals surface area contributed by atoms with Gasteiger partial charge in [-0.1, -0.05) is 36.4 Å². The van der Waals surface area contributed by atoms with E-state index in [4.69, 9.17) is 14.2 Å². The number of carbonyl (C=O) groups excluding carboxylic acids is 1. The molecule has 1 aliphatic rings. The number of Topliss-reactive ketones (excluding diaryl/α,β-unsaturated/α-hetero) is 1. The highest BCUT2D eigenvalue weighted by atomic mass is 16.5. The Morgan fingerprint density at radius 2 is 1.52 bits per heavy atom. The number of allylic oxidation sites excluding steroid dienone is 1. The SMILES string of the molecule is COc1ccc(/C=C2\Cc3cccc(OCc4ccc(OC)cc4)c3C2=O)cc1. The first kappa shape index (κ1) is 18.8. The standard InChI is InChI=1S/C25H22O4/c1-27-21-10-6-17(7-11-21)14-20-15-19-4-3-5-23(24(19)25(20)26)29-16-18-8-12-22(28-2)13-9-18/h3-14H,15-16H2,1-2H3/b20-14+. The van der Waals surface area contributed by atoms with Crippen LogP contribution in [0.3, 0.4) is 0 Å². The Labute approximate surface area is 170 Å². The Morgan fingerprint density at radius 3 is 2.17 bits per heavy atom. The van der Waals surface area contributed by atoms with Crippen LogP contribution in [0, 0.1) is 0 Å². The highest BCUT2D eigenvalue weighted by Crippen LogP contribution is 2.35. The Bertz CT molecular complexity index is 1050. The van der Waals surface area contributed by atoms with Crippen LogP contribution in [0.1, 0.15) is 27.0 Å². The summed E-state index contributed by atoms with van der Waals surface area (Å²) < 4.78 is 16.4. The molecule has 1 aliphatic carbocycles. The van der Waals surface area contributed by atoms with Gasteiger partial charge in [0.25, 0.3) is 0 Å². The predicted octanol–water partition coefficient (Wildman–Crippen LogP) is 5.11. The van der Waals surface area contributed by atoms with Crippen LogP contribution in [0.15, 0.2) is 72.3 Å². The van der Waals surface area contributed by atoms with E-state index in [2.05, 4.69) is 0 Å². The molecule has 3 aromatic rings. The van der Waals surface area contributed by atoms with Crippen LogP contribution >= 0.6 is 0 Å². The van der Waals surface area contributed by atoms with Crippen molar-refractivity contribution in [3.05, 3.63) is 94.6 Å². The van der Waals surface area contributed by atoms with Crippen LogP contribution in [0.2, 0.25) is 0 Å². The zero-order chi connectivity index (χ0) is 20.2. The number of hydrogen-bond donors (Lipinski definition) is 0. The number of methoxy groups -OCH3 is 2. The minimum Gasteiger partial charge on any atom is -0.497 e. The quantitative estimate of drug-likeness (QED) is 0.553. The molecule has 0 amide bonds. The van der Waals surface area contributed by atoms with Gasteiger partial charge < -0.3 is 14.2 Å². The summed E-state index contributed by atoms with van der Waals surface area (Å²) in [5, 5.41) is 0. The van der Waals surface area contributed by atoms with Gasteiger partial charge in [0.1, 0.15) is 23.9 Å². The van der Waals surface area contributed by atoms with Crippen molar-refractivity contribution in [2.45, 2.75) is 13.0 Å². The second-order valence-corrected chi connectivity index (χ2v) is 6.88. The van der Waals surface area contributed by atoms with E-state index < -0.39 is 0 Å². The largest absolute Gasteiger partial charge is 0.497 e. The molecular weight excluding hydrogens is 364 g/mol. The lowest BCUT2D eigenvalue weighted by Gasteiger charge is -2.10. The van der Waals surface area contributed by atoms with E-state index in [0.717, 1.165) is 33.8 Å². The first-order valence-electron chi connectivity index (χ1n) is 9.45. The molecule has 4 heteroatoms. The molecule has 0 spiro atoms. The smallest absolute Gasteiger partial charge is 0.193 e. The lowest BCUT2D eigenvalue weighted by Crippen LogP contribution is -2.02. The molecule has 3 aromatic carbocycles. The molecule has 0 N–H and O–H groups in total. The Morgan fingerprint density at radius 1 is 0.862 bits per heavy atom. The van der Waals surface area contributed by atoms with Gasteiger partial charge in [-0.25, -0.2) is 0 Å². The van der Waals surface area contributed by atoms with Gasteiger partial charge in [-0.05, 0) is 53.1 Å². The van der Waals surface area contributed by atoms with Gasteiger partial charge in [0.05, 0.1) is 19.8 Å². The summed E-state index contributed by atoms with van der Waals surface area (Å²) in [5.74, 6) is 2.25. The van der Waals surface area contributed by atoms with Crippen molar-refractivity contribution in [1.29, 1.82) is 0 Å². The van der Waals surface area contributed by atoms with E-state index in [9.17, 15) is 4.79 Å². The summed E-state index contributed by atoms with van der Waals surface area (Å²) >= 11 is 0. The minimum absolute atomic E-state index is 0.0288. The van der Waals surface area contributed by atoms with Crippen molar-refractivity contribution in [1.82, 2.24) is 0 Å². The number of hydrogen-bond acceptors (Lipinski definition) is 4.